The van der Waals surface area contributed by atoms with Crippen molar-refractivity contribution in [3.63, 3.8) is 0 Å². The molecule has 0 N–H and O–H groups in total. The summed E-state index contributed by atoms with van der Waals surface area (Å²) in [4.78, 5) is 2.38. The monoisotopic (exact) mass is 431 g/mol. The molecule has 1 atom stereocenters. The third kappa shape index (κ3) is 4.10. The number of benzene rings is 2. The molecule has 6 nitrogen and oxygen atoms in total. The first-order chi connectivity index (χ1) is 14.1. The summed E-state index contributed by atoms with van der Waals surface area (Å²) >= 11 is 12.9. The molecule has 1 aliphatic heterocycles. The summed E-state index contributed by atoms with van der Waals surface area (Å²) < 4.78 is 7.46. The lowest BCUT2D eigenvalue weighted by Gasteiger charge is -2.34. The first-order valence-electron chi connectivity index (χ1n) is 9.71. The van der Waals surface area contributed by atoms with Gasteiger partial charge in [-0.2, -0.15) is 4.68 Å². The second-order valence-electron chi connectivity index (χ2n) is 7.30. The Morgan fingerprint density at radius 2 is 1.86 bits per heavy atom. The van der Waals surface area contributed by atoms with Crippen LogP contribution in [0.4, 0.5) is 0 Å². The highest BCUT2D eigenvalue weighted by atomic mass is 35.5. The summed E-state index contributed by atoms with van der Waals surface area (Å²) in [6.07, 6.45) is 3.47. The molecule has 152 valence electrons. The topological polar surface area (TPSA) is 56.1 Å². The Labute approximate surface area is 180 Å². The fraction of sp³-hybridized carbons (Fsp3) is 0.381. The van der Waals surface area contributed by atoms with E-state index in [0.717, 1.165) is 42.7 Å². The molecule has 0 bridgehead atoms. The number of tetrazole rings is 1. The normalized spacial score (nSPS) is 16.0. The average molecular weight is 432 g/mol. The van der Waals surface area contributed by atoms with E-state index in [-0.39, 0.29) is 6.04 Å². The Kier molecular flexibility index (Phi) is 6.04. The quantitative estimate of drug-likeness (QED) is 0.576. The number of rotatable bonds is 5. The van der Waals surface area contributed by atoms with Gasteiger partial charge in [0.05, 0.1) is 17.8 Å². The van der Waals surface area contributed by atoms with Crippen molar-refractivity contribution in [2.24, 2.45) is 0 Å². The molecule has 0 amide bonds. The lowest BCUT2D eigenvalue weighted by atomic mass is 9.99. The van der Waals surface area contributed by atoms with E-state index in [9.17, 15) is 0 Å². The van der Waals surface area contributed by atoms with Crippen LogP contribution >= 0.6 is 23.2 Å². The maximum Gasteiger partial charge on any atom is 0.178 e. The van der Waals surface area contributed by atoms with Crippen LogP contribution in [0.25, 0.3) is 5.69 Å². The van der Waals surface area contributed by atoms with Gasteiger partial charge in [-0.3, -0.25) is 4.90 Å². The molecule has 1 aliphatic rings. The molecule has 0 saturated carbocycles. The molecule has 2 aromatic carbocycles. The van der Waals surface area contributed by atoms with Crippen LogP contribution in [-0.2, 0) is 0 Å². The van der Waals surface area contributed by atoms with Crippen LogP contribution in [-0.4, -0.2) is 45.3 Å². The zero-order valence-corrected chi connectivity index (χ0v) is 18.0. The summed E-state index contributed by atoms with van der Waals surface area (Å²) in [5.74, 6) is 1.32. The predicted molar refractivity (Wildman–Crippen MR) is 114 cm³/mol. The van der Waals surface area contributed by atoms with E-state index in [0.29, 0.717) is 21.6 Å². The fourth-order valence-corrected chi connectivity index (χ4v) is 4.57. The highest BCUT2D eigenvalue weighted by Gasteiger charge is 2.32. The number of likely N-dealkylation sites (tertiary alicyclic amines) is 1. The molecule has 0 unspecified atom stereocenters. The van der Waals surface area contributed by atoms with Gasteiger partial charge in [0.15, 0.2) is 5.82 Å². The third-order valence-electron chi connectivity index (χ3n) is 5.28. The number of aromatic nitrogens is 4. The number of ether oxygens (including phenoxy) is 1. The third-order valence-corrected chi connectivity index (χ3v) is 5.78. The summed E-state index contributed by atoms with van der Waals surface area (Å²) in [6, 6.07) is 11.5. The lowest BCUT2D eigenvalue weighted by Crippen LogP contribution is -2.36. The SMILES string of the molecule is COc1c(Cl)cc(Cl)cc1[C@H](c1nnnn1-c1cccc(C)c1)N1CCCCC1. The lowest BCUT2D eigenvalue weighted by molar-refractivity contribution is 0.177. The maximum absolute atomic E-state index is 6.47. The van der Waals surface area contributed by atoms with Crippen molar-refractivity contribution >= 4 is 23.2 Å². The summed E-state index contributed by atoms with van der Waals surface area (Å²) in [5, 5.41) is 13.8. The first-order valence-corrected chi connectivity index (χ1v) is 10.5. The number of methoxy groups -OCH3 is 1. The van der Waals surface area contributed by atoms with Crippen LogP contribution in [0.15, 0.2) is 36.4 Å². The van der Waals surface area contributed by atoms with Crippen molar-refractivity contribution in [2.75, 3.05) is 20.2 Å². The van der Waals surface area contributed by atoms with Gasteiger partial charge in [-0.1, -0.05) is 41.8 Å². The maximum atomic E-state index is 6.47. The van der Waals surface area contributed by atoms with Gasteiger partial charge < -0.3 is 4.74 Å². The van der Waals surface area contributed by atoms with Gasteiger partial charge in [-0.15, -0.1) is 5.10 Å². The number of halogens is 2. The molecule has 1 fully saturated rings. The van der Waals surface area contributed by atoms with Crippen LogP contribution in [0.5, 0.6) is 5.75 Å². The molecule has 29 heavy (non-hydrogen) atoms. The van der Waals surface area contributed by atoms with Crippen molar-refractivity contribution in [1.29, 1.82) is 0 Å². The first kappa shape index (κ1) is 20.1. The smallest absolute Gasteiger partial charge is 0.178 e. The van der Waals surface area contributed by atoms with E-state index in [1.807, 2.05) is 18.2 Å². The highest BCUT2D eigenvalue weighted by Crippen LogP contribution is 2.41. The number of hydrogen-bond donors (Lipinski definition) is 0. The largest absolute Gasteiger partial charge is 0.495 e. The highest BCUT2D eigenvalue weighted by molar-refractivity contribution is 6.35. The number of hydrogen-bond acceptors (Lipinski definition) is 5. The van der Waals surface area contributed by atoms with Gasteiger partial charge in [0.25, 0.3) is 0 Å². The Morgan fingerprint density at radius 1 is 1.07 bits per heavy atom. The molecule has 4 rings (SSSR count). The van der Waals surface area contributed by atoms with Gasteiger partial charge in [0.2, 0.25) is 0 Å². The summed E-state index contributed by atoms with van der Waals surface area (Å²) in [6.45, 7) is 3.94. The van der Waals surface area contributed by atoms with E-state index in [4.69, 9.17) is 27.9 Å². The molecule has 0 spiro atoms. The molecular formula is C21H23Cl2N5O. The van der Waals surface area contributed by atoms with Crippen LogP contribution in [0, 0.1) is 6.92 Å². The molecule has 0 aliphatic carbocycles. The minimum absolute atomic E-state index is 0.225. The Morgan fingerprint density at radius 3 is 2.59 bits per heavy atom. The van der Waals surface area contributed by atoms with Crippen LogP contribution in [0.3, 0.4) is 0 Å². The standard InChI is InChI=1S/C21H23Cl2N5O/c1-14-7-6-8-16(11-14)28-21(24-25-26-28)19(27-9-4-3-5-10-27)17-12-15(22)13-18(23)20(17)29-2/h6-8,11-13,19H,3-5,9-10H2,1-2H3/t19-/m1/s1. The molecule has 3 aromatic rings. The van der Waals surface area contributed by atoms with Gasteiger partial charge >= 0.3 is 0 Å². The minimum atomic E-state index is -0.225. The van der Waals surface area contributed by atoms with Gasteiger partial charge in [0, 0.05) is 10.6 Å². The fourth-order valence-electron chi connectivity index (χ4n) is 3.98. The minimum Gasteiger partial charge on any atom is -0.495 e. The van der Waals surface area contributed by atoms with Gasteiger partial charge in [-0.05, 0) is 73.1 Å². The molecule has 1 aromatic heterocycles. The summed E-state index contributed by atoms with van der Waals surface area (Å²) in [5.41, 5.74) is 2.93. The van der Waals surface area contributed by atoms with E-state index in [1.54, 1.807) is 17.9 Å². The van der Waals surface area contributed by atoms with E-state index in [1.165, 1.54) is 6.42 Å². The van der Waals surface area contributed by atoms with Crippen LogP contribution < -0.4 is 4.74 Å². The van der Waals surface area contributed by atoms with Gasteiger partial charge in [-0.25, -0.2) is 0 Å². The molecule has 2 heterocycles. The number of aryl methyl sites for hydroxylation is 1. The van der Waals surface area contributed by atoms with Crippen LogP contribution in [0.2, 0.25) is 10.0 Å². The van der Waals surface area contributed by atoms with Crippen molar-refractivity contribution < 1.29 is 4.74 Å². The van der Waals surface area contributed by atoms with Crippen molar-refractivity contribution in [2.45, 2.75) is 32.2 Å². The molecular weight excluding hydrogens is 409 g/mol. The van der Waals surface area contributed by atoms with E-state index >= 15 is 0 Å². The van der Waals surface area contributed by atoms with Crippen molar-refractivity contribution in [3.8, 4) is 11.4 Å². The van der Waals surface area contributed by atoms with E-state index < -0.39 is 0 Å². The molecule has 1 saturated heterocycles. The zero-order valence-electron chi connectivity index (χ0n) is 16.5. The second kappa shape index (κ2) is 8.69. The zero-order chi connectivity index (χ0) is 20.4. The van der Waals surface area contributed by atoms with Gasteiger partial charge in [0.1, 0.15) is 11.8 Å². The Bertz CT molecular complexity index is 1000. The Balaban J connectivity index is 1.89. The second-order valence-corrected chi connectivity index (χ2v) is 8.14. The average Bonchev–Trinajstić information content (AvgIpc) is 3.18. The van der Waals surface area contributed by atoms with Crippen molar-refractivity contribution in [1.82, 2.24) is 25.1 Å². The van der Waals surface area contributed by atoms with Crippen LogP contribution in [0.1, 0.15) is 42.3 Å². The summed E-state index contributed by atoms with van der Waals surface area (Å²) in [7, 11) is 1.62. The number of nitrogens with zero attached hydrogens (tertiary/aromatic N) is 5. The molecule has 8 heteroatoms. The predicted octanol–water partition coefficient (Wildman–Crippen LogP) is 4.86. The van der Waals surface area contributed by atoms with Crippen molar-refractivity contribution in [3.05, 3.63) is 63.4 Å². The molecule has 0 radical (unpaired) electrons. The van der Waals surface area contributed by atoms with E-state index in [2.05, 4.69) is 39.5 Å². The Hall–Kier alpha value is -2.15. The number of piperidine rings is 1.